The molecule has 2 aromatic rings. The average Bonchev–Trinajstić information content (AvgIpc) is 2.99. The molecule has 2 aromatic heterocycles. The molecule has 0 saturated heterocycles. The third-order valence-corrected chi connectivity index (χ3v) is 3.74. The minimum absolute atomic E-state index is 0.0746. The topological polar surface area (TPSA) is 59.8 Å². The van der Waals surface area contributed by atoms with Crippen LogP contribution in [0.1, 0.15) is 23.7 Å². The van der Waals surface area contributed by atoms with Gasteiger partial charge in [0.2, 0.25) is 0 Å². The van der Waals surface area contributed by atoms with Crippen LogP contribution < -0.4 is 5.32 Å². The van der Waals surface area contributed by atoms with Crippen LogP contribution in [-0.4, -0.2) is 32.7 Å². The van der Waals surface area contributed by atoms with Gasteiger partial charge in [0, 0.05) is 31.2 Å². The van der Waals surface area contributed by atoms with Crippen molar-refractivity contribution in [2.45, 2.75) is 31.0 Å². The van der Waals surface area contributed by atoms with Crippen molar-refractivity contribution in [3.63, 3.8) is 0 Å². The average molecular weight is 290 g/mol. The van der Waals surface area contributed by atoms with E-state index in [1.807, 2.05) is 17.0 Å². The fourth-order valence-corrected chi connectivity index (χ4v) is 2.46. The van der Waals surface area contributed by atoms with Crippen molar-refractivity contribution in [2.75, 3.05) is 6.26 Å². The molecule has 5 nitrogen and oxygen atoms in total. The number of carbonyl (C=O) groups excluding carboxylic acids is 1. The Labute approximate surface area is 122 Å². The largest absolute Gasteiger partial charge is 0.347 e. The van der Waals surface area contributed by atoms with Gasteiger partial charge in [0.05, 0.1) is 11.9 Å². The number of pyridine rings is 1. The molecule has 0 saturated carbocycles. The molecule has 0 aliphatic rings. The molecule has 0 fully saturated rings. The Morgan fingerprint density at radius 1 is 1.50 bits per heavy atom. The van der Waals surface area contributed by atoms with E-state index in [9.17, 15) is 4.79 Å². The number of imidazole rings is 1. The molecule has 106 valence electrons. The van der Waals surface area contributed by atoms with Crippen molar-refractivity contribution in [1.29, 1.82) is 0 Å². The Balaban J connectivity index is 2.05. The van der Waals surface area contributed by atoms with E-state index in [0.29, 0.717) is 5.56 Å². The van der Waals surface area contributed by atoms with E-state index >= 15 is 0 Å². The maximum absolute atomic E-state index is 12.3. The molecule has 1 amide bonds. The van der Waals surface area contributed by atoms with Gasteiger partial charge in [-0.05, 0) is 24.8 Å². The molecule has 0 unspecified atom stereocenters. The molecular formula is C14H18N4OS. The van der Waals surface area contributed by atoms with Crippen LogP contribution in [0.25, 0.3) is 0 Å². The predicted octanol–water partition coefficient (Wildman–Crippen LogP) is 2.21. The van der Waals surface area contributed by atoms with E-state index in [0.717, 1.165) is 18.0 Å². The van der Waals surface area contributed by atoms with E-state index in [2.05, 4.69) is 22.2 Å². The summed E-state index contributed by atoms with van der Waals surface area (Å²) in [6.45, 7) is 2.78. The van der Waals surface area contributed by atoms with Gasteiger partial charge < -0.3 is 9.88 Å². The number of amides is 1. The zero-order valence-electron chi connectivity index (χ0n) is 11.6. The Morgan fingerprint density at radius 3 is 3.00 bits per heavy atom. The Morgan fingerprint density at radius 2 is 2.35 bits per heavy atom. The van der Waals surface area contributed by atoms with Gasteiger partial charge in [-0.1, -0.05) is 6.92 Å². The van der Waals surface area contributed by atoms with Crippen LogP contribution in [0, 0.1) is 0 Å². The lowest BCUT2D eigenvalue weighted by molar-refractivity contribution is 0.0928. The molecule has 0 aliphatic heterocycles. The predicted molar refractivity (Wildman–Crippen MR) is 79.8 cm³/mol. The van der Waals surface area contributed by atoms with Gasteiger partial charge in [-0.25, -0.2) is 9.97 Å². The first-order valence-electron chi connectivity index (χ1n) is 6.50. The minimum atomic E-state index is -0.0746. The highest BCUT2D eigenvalue weighted by molar-refractivity contribution is 7.98. The van der Waals surface area contributed by atoms with Gasteiger partial charge in [-0.2, -0.15) is 0 Å². The third kappa shape index (κ3) is 3.60. The van der Waals surface area contributed by atoms with Crippen LogP contribution in [0.15, 0.2) is 42.1 Å². The number of rotatable bonds is 6. The van der Waals surface area contributed by atoms with Crippen LogP contribution in [0.4, 0.5) is 0 Å². The quantitative estimate of drug-likeness (QED) is 0.829. The van der Waals surface area contributed by atoms with Crippen LogP contribution in [0.2, 0.25) is 0 Å². The summed E-state index contributed by atoms with van der Waals surface area (Å²) in [5, 5.41) is 3.81. The fourth-order valence-electron chi connectivity index (χ4n) is 1.92. The number of nitrogens with one attached hydrogen (secondary N) is 1. The standard InChI is InChI=1S/C14H18N4OS/c1-3-11(9-18-8-7-15-10-18)17-13(19)12-5-4-6-16-14(12)20-2/h4-8,10-11H,3,9H2,1-2H3,(H,17,19)/t11-/m1/s1. The number of aromatic nitrogens is 3. The fraction of sp³-hybridized carbons (Fsp3) is 0.357. The van der Waals surface area contributed by atoms with Gasteiger partial charge in [0.1, 0.15) is 5.03 Å². The van der Waals surface area contributed by atoms with Gasteiger partial charge >= 0.3 is 0 Å². The molecular weight excluding hydrogens is 272 g/mol. The Kier molecular flexibility index (Phi) is 5.17. The van der Waals surface area contributed by atoms with E-state index in [-0.39, 0.29) is 11.9 Å². The highest BCUT2D eigenvalue weighted by Crippen LogP contribution is 2.16. The first-order chi connectivity index (χ1) is 9.74. The van der Waals surface area contributed by atoms with Crippen molar-refractivity contribution < 1.29 is 4.79 Å². The molecule has 6 heteroatoms. The lowest BCUT2D eigenvalue weighted by atomic mass is 10.2. The summed E-state index contributed by atoms with van der Waals surface area (Å²) >= 11 is 1.48. The Bertz CT molecular complexity index is 556. The van der Waals surface area contributed by atoms with Crippen molar-refractivity contribution in [2.24, 2.45) is 0 Å². The summed E-state index contributed by atoms with van der Waals surface area (Å²) in [6.07, 6.45) is 9.87. The number of thioether (sulfide) groups is 1. The second-order valence-electron chi connectivity index (χ2n) is 4.40. The van der Waals surface area contributed by atoms with Gasteiger partial charge in [-0.3, -0.25) is 4.79 Å². The first kappa shape index (κ1) is 14.6. The first-order valence-corrected chi connectivity index (χ1v) is 7.72. The number of hydrogen-bond acceptors (Lipinski definition) is 4. The molecule has 1 N–H and O–H groups in total. The molecule has 0 spiro atoms. The van der Waals surface area contributed by atoms with E-state index < -0.39 is 0 Å². The lowest BCUT2D eigenvalue weighted by Crippen LogP contribution is -2.37. The van der Waals surface area contributed by atoms with Crippen molar-refractivity contribution in [1.82, 2.24) is 19.9 Å². The molecule has 0 aliphatic carbocycles. The van der Waals surface area contributed by atoms with E-state index in [1.165, 1.54) is 11.8 Å². The summed E-state index contributed by atoms with van der Waals surface area (Å²) in [7, 11) is 0. The second kappa shape index (κ2) is 7.09. The summed E-state index contributed by atoms with van der Waals surface area (Å²) in [5.41, 5.74) is 0.629. The number of nitrogens with zero attached hydrogens (tertiary/aromatic N) is 3. The summed E-state index contributed by atoms with van der Waals surface area (Å²) < 4.78 is 1.97. The van der Waals surface area contributed by atoms with Crippen LogP contribution in [-0.2, 0) is 6.54 Å². The molecule has 20 heavy (non-hydrogen) atoms. The molecule has 0 radical (unpaired) electrons. The highest BCUT2D eigenvalue weighted by atomic mass is 32.2. The van der Waals surface area contributed by atoms with Gasteiger partial charge in [0.25, 0.3) is 5.91 Å². The number of carbonyl (C=O) groups is 1. The molecule has 0 bridgehead atoms. The molecule has 2 rings (SSSR count). The van der Waals surface area contributed by atoms with E-state index in [1.54, 1.807) is 30.9 Å². The SMILES string of the molecule is CC[C@H](Cn1ccnc1)NC(=O)c1cccnc1SC. The van der Waals surface area contributed by atoms with Crippen molar-refractivity contribution in [3.8, 4) is 0 Å². The lowest BCUT2D eigenvalue weighted by Gasteiger charge is -2.18. The molecule has 2 heterocycles. The normalized spacial score (nSPS) is 12.1. The molecule has 1 atom stereocenters. The Hall–Kier alpha value is -1.82. The zero-order chi connectivity index (χ0) is 14.4. The van der Waals surface area contributed by atoms with Crippen molar-refractivity contribution >= 4 is 17.7 Å². The number of hydrogen-bond donors (Lipinski definition) is 1. The monoisotopic (exact) mass is 290 g/mol. The minimum Gasteiger partial charge on any atom is -0.347 e. The van der Waals surface area contributed by atoms with Crippen LogP contribution in [0.5, 0.6) is 0 Å². The zero-order valence-corrected chi connectivity index (χ0v) is 12.4. The van der Waals surface area contributed by atoms with E-state index in [4.69, 9.17) is 0 Å². The maximum Gasteiger partial charge on any atom is 0.254 e. The maximum atomic E-state index is 12.3. The second-order valence-corrected chi connectivity index (χ2v) is 5.19. The molecule has 0 aromatic carbocycles. The highest BCUT2D eigenvalue weighted by Gasteiger charge is 2.15. The van der Waals surface area contributed by atoms with Crippen LogP contribution in [0.3, 0.4) is 0 Å². The van der Waals surface area contributed by atoms with Crippen molar-refractivity contribution in [3.05, 3.63) is 42.6 Å². The van der Waals surface area contributed by atoms with Crippen LogP contribution >= 0.6 is 11.8 Å². The van der Waals surface area contributed by atoms with Gasteiger partial charge in [-0.15, -0.1) is 11.8 Å². The summed E-state index contributed by atoms with van der Waals surface area (Å²) in [6, 6.07) is 3.66. The summed E-state index contributed by atoms with van der Waals surface area (Å²) in [4.78, 5) is 20.6. The smallest absolute Gasteiger partial charge is 0.254 e. The summed E-state index contributed by atoms with van der Waals surface area (Å²) in [5.74, 6) is -0.0746. The third-order valence-electron chi connectivity index (χ3n) is 3.03. The van der Waals surface area contributed by atoms with Gasteiger partial charge in [0.15, 0.2) is 0 Å².